The molecule has 0 atom stereocenters. The van der Waals surface area contributed by atoms with Crippen molar-refractivity contribution >= 4 is 33.7 Å². The first-order chi connectivity index (χ1) is 13.1. The summed E-state index contributed by atoms with van der Waals surface area (Å²) in [6.07, 6.45) is 3.07. The third-order valence-corrected chi connectivity index (χ3v) is 5.95. The van der Waals surface area contributed by atoms with E-state index in [0.717, 1.165) is 40.6 Å². The maximum atomic E-state index is 12.6. The van der Waals surface area contributed by atoms with Crippen LogP contribution in [-0.2, 0) is 6.42 Å². The van der Waals surface area contributed by atoms with Crippen LogP contribution in [0, 0.1) is 6.92 Å². The lowest BCUT2D eigenvalue weighted by atomic mass is 10.2. The topological polar surface area (TPSA) is 77.0 Å². The molecule has 0 radical (unpaired) electrons. The van der Waals surface area contributed by atoms with Crippen molar-refractivity contribution in [2.24, 2.45) is 0 Å². The molecule has 6 nitrogen and oxygen atoms in total. The van der Waals surface area contributed by atoms with E-state index in [4.69, 9.17) is 4.74 Å². The van der Waals surface area contributed by atoms with Crippen molar-refractivity contribution in [2.45, 2.75) is 40.0 Å². The first-order valence-electron chi connectivity index (χ1n) is 8.95. The molecule has 0 bridgehead atoms. The molecule has 0 spiro atoms. The van der Waals surface area contributed by atoms with Gasteiger partial charge in [0.25, 0.3) is 5.91 Å². The van der Waals surface area contributed by atoms with Crippen molar-refractivity contribution in [1.29, 1.82) is 0 Å². The molecule has 142 valence electrons. The standard InChI is InChI=1S/C19H22N4O2S2/c1-4-6-7-15-22-23-19(26-15)21-17(24)16-12(3)20-18(27-16)13-8-10-14(11-9-13)25-5-2/h8-11H,4-7H2,1-3H3,(H,21,23,24). The van der Waals surface area contributed by atoms with E-state index in [1.165, 1.54) is 22.7 Å². The van der Waals surface area contributed by atoms with E-state index in [1.807, 2.05) is 38.1 Å². The van der Waals surface area contributed by atoms with Crippen molar-refractivity contribution < 1.29 is 9.53 Å². The number of amides is 1. The van der Waals surface area contributed by atoms with Gasteiger partial charge in [0, 0.05) is 12.0 Å². The second-order valence-corrected chi connectivity index (χ2v) is 8.01. The van der Waals surface area contributed by atoms with Crippen molar-refractivity contribution in [2.75, 3.05) is 11.9 Å². The molecule has 0 unspecified atom stereocenters. The Morgan fingerprint density at radius 3 is 2.63 bits per heavy atom. The van der Waals surface area contributed by atoms with E-state index < -0.39 is 0 Å². The molecular formula is C19H22N4O2S2. The number of nitrogens with one attached hydrogen (secondary N) is 1. The third-order valence-electron chi connectivity index (χ3n) is 3.85. The Hall–Kier alpha value is -2.32. The zero-order valence-electron chi connectivity index (χ0n) is 15.6. The molecule has 0 saturated carbocycles. The van der Waals surface area contributed by atoms with E-state index in [9.17, 15) is 4.79 Å². The number of carbonyl (C=O) groups is 1. The normalized spacial score (nSPS) is 10.8. The second kappa shape index (κ2) is 9.05. The number of ether oxygens (including phenoxy) is 1. The molecule has 3 aromatic rings. The highest BCUT2D eigenvalue weighted by Crippen LogP contribution is 2.30. The number of nitrogens with zero attached hydrogens (tertiary/aromatic N) is 3. The van der Waals surface area contributed by atoms with E-state index in [2.05, 4.69) is 27.4 Å². The number of aromatic nitrogens is 3. The fraction of sp³-hybridized carbons (Fsp3) is 0.368. The SMILES string of the molecule is CCCCc1nnc(NC(=O)c2sc(-c3ccc(OCC)cc3)nc2C)s1. The number of thiazole rings is 1. The number of carbonyl (C=O) groups excluding carboxylic acids is 1. The minimum Gasteiger partial charge on any atom is -0.494 e. The van der Waals surface area contributed by atoms with E-state index in [-0.39, 0.29) is 5.91 Å². The fourth-order valence-corrected chi connectivity index (χ4v) is 4.22. The summed E-state index contributed by atoms with van der Waals surface area (Å²) in [5.41, 5.74) is 1.67. The van der Waals surface area contributed by atoms with E-state index in [0.29, 0.717) is 22.3 Å². The molecule has 1 amide bonds. The number of aryl methyl sites for hydroxylation is 2. The van der Waals surface area contributed by atoms with Gasteiger partial charge in [-0.25, -0.2) is 4.98 Å². The molecule has 0 aliphatic heterocycles. The Morgan fingerprint density at radius 1 is 1.15 bits per heavy atom. The Labute approximate surface area is 166 Å². The van der Waals surface area contributed by atoms with Crippen molar-refractivity contribution in [1.82, 2.24) is 15.2 Å². The maximum absolute atomic E-state index is 12.6. The van der Waals surface area contributed by atoms with Gasteiger partial charge in [-0.05, 0) is 44.5 Å². The lowest BCUT2D eigenvalue weighted by Gasteiger charge is -2.02. The van der Waals surface area contributed by atoms with Crippen LogP contribution in [0.15, 0.2) is 24.3 Å². The van der Waals surface area contributed by atoms with Crippen molar-refractivity contribution in [3.05, 3.63) is 39.8 Å². The van der Waals surface area contributed by atoms with Gasteiger partial charge in [-0.15, -0.1) is 21.5 Å². The number of hydrogen-bond donors (Lipinski definition) is 1. The Bertz CT molecular complexity index is 903. The number of anilines is 1. The van der Waals surface area contributed by atoms with Gasteiger partial charge in [0.1, 0.15) is 20.6 Å². The summed E-state index contributed by atoms with van der Waals surface area (Å²) < 4.78 is 5.46. The van der Waals surface area contributed by atoms with Crippen LogP contribution in [0.2, 0.25) is 0 Å². The van der Waals surface area contributed by atoms with Gasteiger partial charge >= 0.3 is 0 Å². The van der Waals surface area contributed by atoms with E-state index in [1.54, 1.807) is 0 Å². The van der Waals surface area contributed by atoms with Crippen molar-refractivity contribution in [3.8, 4) is 16.3 Å². The molecular weight excluding hydrogens is 380 g/mol. The smallest absolute Gasteiger partial charge is 0.269 e. The average molecular weight is 403 g/mol. The summed E-state index contributed by atoms with van der Waals surface area (Å²) in [5.74, 6) is 0.628. The Balaban J connectivity index is 1.71. The first-order valence-corrected chi connectivity index (χ1v) is 10.6. The monoisotopic (exact) mass is 402 g/mol. The van der Waals surface area contributed by atoms with Crippen LogP contribution in [0.5, 0.6) is 5.75 Å². The van der Waals surface area contributed by atoms with Crippen molar-refractivity contribution in [3.63, 3.8) is 0 Å². The molecule has 3 rings (SSSR count). The molecule has 1 aromatic carbocycles. The zero-order chi connectivity index (χ0) is 19.2. The molecule has 8 heteroatoms. The van der Waals surface area contributed by atoms with Gasteiger partial charge in [0.2, 0.25) is 5.13 Å². The minimum absolute atomic E-state index is 0.194. The summed E-state index contributed by atoms with van der Waals surface area (Å²) in [4.78, 5) is 17.8. The first kappa shape index (κ1) is 19.4. The lowest BCUT2D eigenvalue weighted by molar-refractivity contribution is 0.102. The van der Waals surface area contributed by atoms with E-state index >= 15 is 0 Å². The number of rotatable bonds is 8. The third kappa shape index (κ3) is 4.90. The van der Waals surface area contributed by atoms with Crippen LogP contribution in [-0.4, -0.2) is 27.7 Å². The summed E-state index contributed by atoms with van der Waals surface area (Å²) >= 11 is 2.80. The highest BCUT2D eigenvalue weighted by molar-refractivity contribution is 7.17. The number of unbranched alkanes of at least 4 members (excludes halogenated alkanes) is 1. The van der Waals surface area contributed by atoms with Gasteiger partial charge < -0.3 is 4.74 Å². The second-order valence-electron chi connectivity index (χ2n) is 5.95. The van der Waals surface area contributed by atoms with Gasteiger partial charge in [0.15, 0.2) is 0 Å². The van der Waals surface area contributed by atoms with Gasteiger partial charge in [-0.3, -0.25) is 10.1 Å². The molecule has 27 heavy (non-hydrogen) atoms. The molecule has 0 aliphatic carbocycles. The quantitative estimate of drug-likeness (QED) is 0.576. The summed E-state index contributed by atoms with van der Waals surface area (Å²) in [6, 6.07) is 7.73. The summed E-state index contributed by atoms with van der Waals surface area (Å²) in [5, 5.41) is 13.3. The van der Waals surface area contributed by atoms with Crippen LogP contribution in [0.4, 0.5) is 5.13 Å². The average Bonchev–Trinajstić information content (AvgIpc) is 3.27. The molecule has 0 aliphatic rings. The molecule has 0 fully saturated rings. The highest BCUT2D eigenvalue weighted by atomic mass is 32.1. The molecule has 2 heterocycles. The highest BCUT2D eigenvalue weighted by Gasteiger charge is 2.18. The Kier molecular flexibility index (Phi) is 6.52. The van der Waals surface area contributed by atoms with Crippen LogP contribution in [0.25, 0.3) is 10.6 Å². The van der Waals surface area contributed by atoms with Gasteiger partial charge in [0.05, 0.1) is 12.3 Å². The number of benzene rings is 1. The largest absolute Gasteiger partial charge is 0.494 e. The molecule has 2 aromatic heterocycles. The molecule has 1 N–H and O–H groups in total. The van der Waals surface area contributed by atoms with Gasteiger partial charge in [-0.2, -0.15) is 0 Å². The van der Waals surface area contributed by atoms with Crippen LogP contribution in [0.3, 0.4) is 0 Å². The fourth-order valence-electron chi connectivity index (χ4n) is 2.48. The van der Waals surface area contributed by atoms with Gasteiger partial charge in [-0.1, -0.05) is 24.7 Å². The zero-order valence-corrected chi connectivity index (χ0v) is 17.2. The lowest BCUT2D eigenvalue weighted by Crippen LogP contribution is -2.11. The maximum Gasteiger partial charge on any atom is 0.269 e. The summed E-state index contributed by atoms with van der Waals surface area (Å²) in [7, 11) is 0. The predicted molar refractivity (Wildman–Crippen MR) is 110 cm³/mol. The van der Waals surface area contributed by atoms with Crippen LogP contribution in [0.1, 0.15) is 47.1 Å². The van der Waals surface area contributed by atoms with Crippen LogP contribution < -0.4 is 10.1 Å². The van der Waals surface area contributed by atoms with Crippen LogP contribution >= 0.6 is 22.7 Å². The Morgan fingerprint density at radius 2 is 1.93 bits per heavy atom. The predicted octanol–water partition coefficient (Wildman–Crippen LogP) is 4.96. The molecule has 0 saturated heterocycles. The summed E-state index contributed by atoms with van der Waals surface area (Å²) in [6.45, 7) is 6.56. The number of hydrogen-bond acceptors (Lipinski definition) is 7. The minimum atomic E-state index is -0.194.